The Bertz CT molecular complexity index is 106. The van der Waals surface area contributed by atoms with Gasteiger partial charge in [0.05, 0.1) is 0 Å². The number of rotatable bonds is 0. The SMILES string of the molecule is CC.CC1C(C)(C)CC1(C)C. The van der Waals surface area contributed by atoms with E-state index in [0.29, 0.717) is 10.8 Å². The van der Waals surface area contributed by atoms with Crippen LogP contribution in [0.2, 0.25) is 0 Å². The molecule has 1 fully saturated rings. The summed E-state index contributed by atoms with van der Waals surface area (Å²) >= 11 is 0. The first-order valence-electron chi connectivity index (χ1n) is 4.86. The Balaban J connectivity index is 0.000000461. The van der Waals surface area contributed by atoms with Crippen molar-refractivity contribution in [3.05, 3.63) is 0 Å². The molecule has 0 aliphatic heterocycles. The van der Waals surface area contributed by atoms with Crippen LogP contribution in [0.1, 0.15) is 54.9 Å². The van der Waals surface area contributed by atoms with Crippen LogP contribution in [0.25, 0.3) is 0 Å². The van der Waals surface area contributed by atoms with E-state index in [0.717, 1.165) is 5.92 Å². The van der Waals surface area contributed by atoms with Gasteiger partial charge in [0.15, 0.2) is 0 Å². The van der Waals surface area contributed by atoms with Crippen LogP contribution in [0.4, 0.5) is 0 Å². The molecule has 0 aromatic heterocycles. The molecule has 11 heavy (non-hydrogen) atoms. The van der Waals surface area contributed by atoms with Crippen molar-refractivity contribution in [2.24, 2.45) is 16.7 Å². The van der Waals surface area contributed by atoms with Crippen molar-refractivity contribution in [2.45, 2.75) is 54.9 Å². The summed E-state index contributed by atoms with van der Waals surface area (Å²) in [6.45, 7) is 15.8. The molecule has 0 unspecified atom stereocenters. The smallest absolute Gasteiger partial charge is 0.0318 e. The van der Waals surface area contributed by atoms with Gasteiger partial charge in [-0.2, -0.15) is 0 Å². The van der Waals surface area contributed by atoms with E-state index in [-0.39, 0.29) is 0 Å². The highest BCUT2D eigenvalue weighted by Crippen LogP contribution is 2.58. The fourth-order valence-corrected chi connectivity index (χ4v) is 2.41. The Morgan fingerprint density at radius 1 is 0.909 bits per heavy atom. The first-order chi connectivity index (χ1) is 4.86. The Labute approximate surface area is 72.4 Å². The molecule has 1 aliphatic carbocycles. The van der Waals surface area contributed by atoms with Crippen LogP contribution in [0.3, 0.4) is 0 Å². The Kier molecular flexibility index (Phi) is 3.16. The zero-order valence-electron chi connectivity index (χ0n) is 9.28. The molecule has 0 aromatic rings. The zero-order chi connectivity index (χ0) is 9.28. The molecule has 0 bridgehead atoms. The molecule has 0 heteroatoms. The van der Waals surface area contributed by atoms with Gasteiger partial charge < -0.3 is 0 Å². The summed E-state index contributed by atoms with van der Waals surface area (Å²) in [5, 5.41) is 0. The van der Waals surface area contributed by atoms with E-state index >= 15 is 0 Å². The first-order valence-corrected chi connectivity index (χ1v) is 4.86. The maximum Gasteiger partial charge on any atom is -0.0318 e. The lowest BCUT2D eigenvalue weighted by Crippen LogP contribution is -2.48. The monoisotopic (exact) mass is 156 g/mol. The summed E-state index contributed by atoms with van der Waals surface area (Å²) in [5.74, 6) is 0.894. The Morgan fingerprint density at radius 2 is 1.18 bits per heavy atom. The third kappa shape index (κ3) is 1.98. The van der Waals surface area contributed by atoms with Crippen molar-refractivity contribution in [3.63, 3.8) is 0 Å². The van der Waals surface area contributed by atoms with Gasteiger partial charge in [-0.3, -0.25) is 0 Å². The van der Waals surface area contributed by atoms with E-state index in [1.54, 1.807) is 0 Å². The van der Waals surface area contributed by atoms with Crippen LogP contribution in [0.15, 0.2) is 0 Å². The summed E-state index contributed by atoms with van der Waals surface area (Å²) in [5.41, 5.74) is 1.23. The van der Waals surface area contributed by atoms with E-state index in [1.165, 1.54) is 6.42 Å². The minimum absolute atomic E-state index is 0.615. The average Bonchev–Trinajstić information content (AvgIpc) is 1.89. The molecule has 0 spiro atoms. The molecule has 0 atom stereocenters. The quantitative estimate of drug-likeness (QED) is 0.495. The fraction of sp³-hybridized carbons (Fsp3) is 1.00. The summed E-state index contributed by atoms with van der Waals surface area (Å²) in [4.78, 5) is 0. The summed E-state index contributed by atoms with van der Waals surface area (Å²) < 4.78 is 0. The van der Waals surface area contributed by atoms with Gasteiger partial charge in [0, 0.05) is 0 Å². The Hall–Kier alpha value is 0. The zero-order valence-corrected chi connectivity index (χ0v) is 9.28. The van der Waals surface area contributed by atoms with Gasteiger partial charge in [0.2, 0.25) is 0 Å². The highest BCUT2D eigenvalue weighted by molar-refractivity contribution is 4.98. The summed E-state index contributed by atoms with van der Waals surface area (Å²) in [7, 11) is 0. The molecule has 1 saturated carbocycles. The predicted octanol–water partition coefficient (Wildman–Crippen LogP) is 4.10. The molecular weight excluding hydrogens is 132 g/mol. The van der Waals surface area contributed by atoms with Crippen molar-refractivity contribution in [1.29, 1.82) is 0 Å². The molecule has 1 aliphatic rings. The molecule has 0 radical (unpaired) electrons. The van der Waals surface area contributed by atoms with Crippen molar-refractivity contribution in [3.8, 4) is 0 Å². The van der Waals surface area contributed by atoms with Gasteiger partial charge in [-0.25, -0.2) is 0 Å². The molecule has 0 saturated heterocycles. The molecule has 0 N–H and O–H groups in total. The van der Waals surface area contributed by atoms with Crippen LogP contribution in [-0.2, 0) is 0 Å². The minimum Gasteiger partial charge on any atom is -0.0683 e. The third-order valence-electron chi connectivity index (χ3n) is 3.26. The lowest BCUT2D eigenvalue weighted by Gasteiger charge is -2.56. The largest absolute Gasteiger partial charge is 0.0683 e. The standard InChI is InChI=1S/C9H18.C2H6/c1-7-8(2,3)6-9(7,4)5;1-2/h7H,6H2,1-5H3;1-2H3. The van der Waals surface area contributed by atoms with Crippen LogP contribution < -0.4 is 0 Å². The molecule has 0 heterocycles. The molecule has 1 rings (SSSR count). The maximum absolute atomic E-state index is 2.36. The summed E-state index contributed by atoms with van der Waals surface area (Å²) in [6, 6.07) is 0. The van der Waals surface area contributed by atoms with E-state index in [1.807, 2.05) is 13.8 Å². The molecular formula is C11H24. The van der Waals surface area contributed by atoms with Gasteiger partial charge in [0.25, 0.3) is 0 Å². The lowest BCUT2D eigenvalue weighted by atomic mass is 9.49. The first kappa shape index (κ1) is 11.0. The van der Waals surface area contributed by atoms with E-state index in [9.17, 15) is 0 Å². The average molecular weight is 156 g/mol. The second-order valence-corrected chi connectivity index (χ2v) is 4.88. The second-order valence-electron chi connectivity index (χ2n) is 4.88. The van der Waals surface area contributed by atoms with Crippen LogP contribution in [-0.4, -0.2) is 0 Å². The van der Waals surface area contributed by atoms with Gasteiger partial charge in [-0.15, -0.1) is 0 Å². The predicted molar refractivity (Wildman–Crippen MR) is 52.7 cm³/mol. The molecule has 0 amide bonds. The van der Waals surface area contributed by atoms with Crippen LogP contribution in [0.5, 0.6) is 0 Å². The highest BCUT2D eigenvalue weighted by Gasteiger charge is 2.49. The van der Waals surface area contributed by atoms with Crippen molar-refractivity contribution in [2.75, 3.05) is 0 Å². The van der Waals surface area contributed by atoms with Crippen LogP contribution >= 0.6 is 0 Å². The van der Waals surface area contributed by atoms with Gasteiger partial charge in [-0.05, 0) is 23.2 Å². The summed E-state index contributed by atoms with van der Waals surface area (Å²) in [6.07, 6.45) is 1.39. The van der Waals surface area contributed by atoms with E-state index in [4.69, 9.17) is 0 Å². The maximum atomic E-state index is 2.36. The van der Waals surface area contributed by atoms with Crippen molar-refractivity contribution >= 4 is 0 Å². The lowest BCUT2D eigenvalue weighted by molar-refractivity contribution is -0.0671. The van der Waals surface area contributed by atoms with E-state index in [2.05, 4.69) is 34.6 Å². The topological polar surface area (TPSA) is 0 Å². The van der Waals surface area contributed by atoms with Gasteiger partial charge >= 0.3 is 0 Å². The molecule has 0 nitrogen and oxygen atoms in total. The fourth-order valence-electron chi connectivity index (χ4n) is 2.41. The molecule has 68 valence electrons. The minimum atomic E-state index is 0.615. The van der Waals surface area contributed by atoms with Gasteiger partial charge in [0.1, 0.15) is 0 Å². The number of hydrogen-bond donors (Lipinski definition) is 0. The van der Waals surface area contributed by atoms with Crippen molar-refractivity contribution < 1.29 is 0 Å². The number of hydrogen-bond acceptors (Lipinski definition) is 0. The Morgan fingerprint density at radius 3 is 1.18 bits per heavy atom. The van der Waals surface area contributed by atoms with Gasteiger partial charge in [-0.1, -0.05) is 48.5 Å². The van der Waals surface area contributed by atoms with E-state index < -0.39 is 0 Å². The van der Waals surface area contributed by atoms with Crippen molar-refractivity contribution in [1.82, 2.24) is 0 Å². The van der Waals surface area contributed by atoms with Crippen LogP contribution in [0, 0.1) is 16.7 Å². The highest BCUT2D eigenvalue weighted by atomic mass is 14.5. The second kappa shape index (κ2) is 3.16. The normalized spacial score (nSPS) is 26.5. The third-order valence-corrected chi connectivity index (χ3v) is 3.26. The molecule has 0 aromatic carbocycles.